The minimum absolute atomic E-state index is 0.185. The molecule has 0 bridgehead atoms. The van der Waals surface area contributed by atoms with Crippen LogP contribution in [-0.2, 0) is 6.42 Å². The average Bonchev–Trinajstić information content (AvgIpc) is 2.93. The highest BCUT2D eigenvalue weighted by Crippen LogP contribution is 2.23. The van der Waals surface area contributed by atoms with E-state index >= 15 is 0 Å². The van der Waals surface area contributed by atoms with Gasteiger partial charge in [-0.3, -0.25) is 10.1 Å². The lowest BCUT2D eigenvalue weighted by Gasteiger charge is -2.00. The number of furan rings is 1. The monoisotopic (exact) mass is 293 g/mol. The van der Waals surface area contributed by atoms with E-state index in [0.29, 0.717) is 16.5 Å². The minimum Gasteiger partial charge on any atom is -0.466 e. The van der Waals surface area contributed by atoms with E-state index in [1.807, 2.05) is 13.8 Å². The number of amides is 1. The SMILES string of the molecule is CCCCc1nnc(NC(=O)c2c(C)oc(C)c2C)s1. The fourth-order valence-corrected chi connectivity index (χ4v) is 2.80. The number of rotatable bonds is 5. The van der Waals surface area contributed by atoms with E-state index in [2.05, 4.69) is 22.4 Å². The predicted octanol–water partition coefficient (Wildman–Crippen LogP) is 3.65. The van der Waals surface area contributed by atoms with Crippen molar-refractivity contribution >= 4 is 22.4 Å². The van der Waals surface area contributed by atoms with E-state index in [0.717, 1.165) is 35.6 Å². The summed E-state index contributed by atoms with van der Waals surface area (Å²) >= 11 is 1.43. The molecule has 0 unspecified atom stereocenters. The number of nitrogens with zero attached hydrogens (tertiary/aromatic N) is 2. The minimum atomic E-state index is -0.185. The van der Waals surface area contributed by atoms with Crippen LogP contribution in [0.5, 0.6) is 0 Å². The summed E-state index contributed by atoms with van der Waals surface area (Å²) in [5.74, 6) is 1.22. The van der Waals surface area contributed by atoms with Gasteiger partial charge >= 0.3 is 0 Å². The summed E-state index contributed by atoms with van der Waals surface area (Å²) in [5, 5.41) is 12.4. The van der Waals surface area contributed by atoms with Crippen LogP contribution in [0.1, 0.15) is 52.2 Å². The van der Waals surface area contributed by atoms with Crippen LogP contribution in [0.2, 0.25) is 0 Å². The Labute approximate surface area is 122 Å². The first kappa shape index (κ1) is 14.7. The highest BCUT2D eigenvalue weighted by molar-refractivity contribution is 7.15. The Morgan fingerprint density at radius 1 is 1.25 bits per heavy atom. The van der Waals surface area contributed by atoms with Gasteiger partial charge < -0.3 is 4.42 Å². The molecule has 0 aliphatic heterocycles. The van der Waals surface area contributed by atoms with Crippen molar-refractivity contribution in [3.05, 3.63) is 27.7 Å². The number of carbonyl (C=O) groups excluding carboxylic acids is 1. The van der Waals surface area contributed by atoms with Gasteiger partial charge in [0, 0.05) is 12.0 Å². The van der Waals surface area contributed by atoms with Crippen molar-refractivity contribution in [2.24, 2.45) is 0 Å². The van der Waals surface area contributed by atoms with E-state index in [4.69, 9.17) is 4.42 Å². The quantitative estimate of drug-likeness (QED) is 0.913. The lowest BCUT2D eigenvalue weighted by molar-refractivity contribution is 0.102. The molecule has 6 heteroatoms. The smallest absolute Gasteiger partial charge is 0.261 e. The number of nitrogens with one attached hydrogen (secondary N) is 1. The summed E-state index contributed by atoms with van der Waals surface area (Å²) in [6.45, 7) is 7.67. The zero-order valence-corrected chi connectivity index (χ0v) is 13.1. The number of unbranched alkanes of at least 4 members (excludes halogenated alkanes) is 1. The van der Waals surface area contributed by atoms with Crippen LogP contribution in [0.15, 0.2) is 4.42 Å². The summed E-state index contributed by atoms with van der Waals surface area (Å²) in [7, 11) is 0. The summed E-state index contributed by atoms with van der Waals surface area (Å²) < 4.78 is 5.47. The van der Waals surface area contributed by atoms with Crippen molar-refractivity contribution in [2.45, 2.75) is 47.0 Å². The number of aromatic nitrogens is 2. The summed E-state index contributed by atoms with van der Waals surface area (Å²) in [6, 6.07) is 0. The number of hydrogen-bond donors (Lipinski definition) is 1. The maximum absolute atomic E-state index is 12.3. The Kier molecular flexibility index (Phi) is 4.54. The van der Waals surface area contributed by atoms with Crippen LogP contribution in [0, 0.1) is 20.8 Å². The van der Waals surface area contributed by atoms with Crippen LogP contribution in [0.4, 0.5) is 5.13 Å². The van der Waals surface area contributed by atoms with E-state index < -0.39 is 0 Å². The molecule has 0 fully saturated rings. The lowest BCUT2D eigenvalue weighted by atomic mass is 10.1. The Bertz CT molecular complexity index is 616. The van der Waals surface area contributed by atoms with Gasteiger partial charge in [-0.1, -0.05) is 24.7 Å². The van der Waals surface area contributed by atoms with Gasteiger partial charge in [0.1, 0.15) is 16.5 Å². The molecule has 0 saturated heterocycles. The molecule has 0 aliphatic carbocycles. The average molecular weight is 293 g/mol. The molecule has 0 aliphatic rings. The van der Waals surface area contributed by atoms with Gasteiger partial charge in [0.2, 0.25) is 5.13 Å². The van der Waals surface area contributed by atoms with Crippen molar-refractivity contribution in [3.8, 4) is 0 Å². The molecule has 2 aromatic heterocycles. The number of hydrogen-bond acceptors (Lipinski definition) is 5. The number of anilines is 1. The van der Waals surface area contributed by atoms with Crippen molar-refractivity contribution in [3.63, 3.8) is 0 Å². The normalized spacial score (nSPS) is 10.8. The van der Waals surface area contributed by atoms with Crippen molar-refractivity contribution in [1.29, 1.82) is 0 Å². The van der Waals surface area contributed by atoms with E-state index in [-0.39, 0.29) is 5.91 Å². The fraction of sp³-hybridized carbons (Fsp3) is 0.500. The summed E-state index contributed by atoms with van der Waals surface area (Å²) in [4.78, 5) is 12.3. The second-order valence-electron chi connectivity index (χ2n) is 4.77. The molecule has 2 rings (SSSR count). The standard InChI is InChI=1S/C14H19N3O2S/c1-5-6-7-11-16-17-14(20-11)15-13(18)12-8(2)9(3)19-10(12)4/h5-7H2,1-4H3,(H,15,17,18). The molecule has 0 spiro atoms. The number of aryl methyl sites for hydroxylation is 3. The van der Waals surface area contributed by atoms with E-state index in [1.54, 1.807) is 6.92 Å². The van der Waals surface area contributed by atoms with Crippen LogP contribution in [-0.4, -0.2) is 16.1 Å². The van der Waals surface area contributed by atoms with E-state index in [1.165, 1.54) is 11.3 Å². The molecule has 108 valence electrons. The molecular weight excluding hydrogens is 274 g/mol. The molecule has 0 radical (unpaired) electrons. The van der Waals surface area contributed by atoms with Gasteiger partial charge in [0.05, 0.1) is 5.56 Å². The molecule has 1 amide bonds. The van der Waals surface area contributed by atoms with Gasteiger partial charge in [-0.05, 0) is 27.2 Å². The molecule has 20 heavy (non-hydrogen) atoms. The van der Waals surface area contributed by atoms with Crippen LogP contribution >= 0.6 is 11.3 Å². The Hall–Kier alpha value is -1.69. The van der Waals surface area contributed by atoms with Gasteiger partial charge in [-0.2, -0.15) is 0 Å². The molecule has 1 N–H and O–H groups in total. The van der Waals surface area contributed by atoms with Gasteiger partial charge in [-0.25, -0.2) is 0 Å². The van der Waals surface area contributed by atoms with Gasteiger partial charge in [-0.15, -0.1) is 10.2 Å². The first-order chi connectivity index (χ1) is 9.52. The largest absolute Gasteiger partial charge is 0.466 e. The van der Waals surface area contributed by atoms with Crippen LogP contribution in [0.25, 0.3) is 0 Å². The highest BCUT2D eigenvalue weighted by atomic mass is 32.1. The second-order valence-corrected chi connectivity index (χ2v) is 5.84. The van der Waals surface area contributed by atoms with Crippen molar-refractivity contribution in [1.82, 2.24) is 10.2 Å². The Balaban J connectivity index is 2.09. The third kappa shape index (κ3) is 3.07. The molecule has 2 heterocycles. The third-order valence-electron chi connectivity index (χ3n) is 3.22. The third-order valence-corrected chi connectivity index (χ3v) is 4.12. The van der Waals surface area contributed by atoms with Gasteiger partial charge in [0.15, 0.2) is 0 Å². The topological polar surface area (TPSA) is 68.0 Å². The van der Waals surface area contributed by atoms with Crippen molar-refractivity contribution in [2.75, 3.05) is 5.32 Å². The molecular formula is C14H19N3O2S. The molecule has 0 atom stereocenters. The predicted molar refractivity (Wildman–Crippen MR) is 79.4 cm³/mol. The Morgan fingerprint density at radius 2 is 2.00 bits per heavy atom. The second kappa shape index (κ2) is 6.17. The maximum Gasteiger partial charge on any atom is 0.261 e. The zero-order chi connectivity index (χ0) is 14.7. The molecule has 0 aromatic carbocycles. The molecule has 2 aromatic rings. The maximum atomic E-state index is 12.3. The highest BCUT2D eigenvalue weighted by Gasteiger charge is 2.19. The number of carbonyl (C=O) groups is 1. The lowest BCUT2D eigenvalue weighted by Crippen LogP contribution is -2.13. The van der Waals surface area contributed by atoms with Crippen LogP contribution in [0.3, 0.4) is 0 Å². The molecule has 5 nitrogen and oxygen atoms in total. The fourth-order valence-electron chi connectivity index (χ4n) is 2.02. The zero-order valence-electron chi connectivity index (χ0n) is 12.2. The summed E-state index contributed by atoms with van der Waals surface area (Å²) in [6.07, 6.45) is 3.11. The molecule has 0 saturated carbocycles. The first-order valence-electron chi connectivity index (χ1n) is 6.73. The summed E-state index contributed by atoms with van der Waals surface area (Å²) in [5.41, 5.74) is 1.46. The van der Waals surface area contributed by atoms with E-state index in [9.17, 15) is 4.79 Å². The van der Waals surface area contributed by atoms with Crippen LogP contribution < -0.4 is 5.32 Å². The van der Waals surface area contributed by atoms with Crippen molar-refractivity contribution < 1.29 is 9.21 Å². The first-order valence-corrected chi connectivity index (χ1v) is 7.54. The Morgan fingerprint density at radius 3 is 2.60 bits per heavy atom. The van der Waals surface area contributed by atoms with Gasteiger partial charge in [0.25, 0.3) is 5.91 Å².